The van der Waals surface area contributed by atoms with Gasteiger partial charge in [0.05, 0.1) is 5.54 Å². The van der Waals surface area contributed by atoms with E-state index in [4.69, 9.17) is 4.99 Å². The third kappa shape index (κ3) is 3.54. The lowest BCUT2D eigenvalue weighted by Crippen LogP contribution is -2.56. The molecule has 0 radical (unpaired) electrons. The molecule has 4 fully saturated rings. The molecule has 4 aliphatic carbocycles. The van der Waals surface area contributed by atoms with Gasteiger partial charge in [0.15, 0.2) is 0 Å². The summed E-state index contributed by atoms with van der Waals surface area (Å²) in [5.41, 5.74) is 1.91. The minimum atomic E-state index is -0.359. The van der Waals surface area contributed by atoms with E-state index in [9.17, 15) is 14.0 Å². The van der Waals surface area contributed by atoms with Crippen molar-refractivity contribution in [1.82, 2.24) is 5.32 Å². The maximum atomic E-state index is 13.9. The molecule has 1 amide bonds. The van der Waals surface area contributed by atoms with Crippen LogP contribution in [0.2, 0.25) is 0 Å². The molecule has 0 spiro atoms. The fourth-order valence-electron chi connectivity index (χ4n) is 9.19. The highest BCUT2D eigenvalue weighted by Gasteiger charge is 2.61. The van der Waals surface area contributed by atoms with Gasteiger partial charge in [-0.05, 0) is 85.8 Å². The van der Waals surface area contributed by atoms with Crippen molar-refractivity contribution in [1.29, 1.82) is 0 Å². The third-order valence-corrected chi connectivity index (χ3v) is 11.2. The van der Waals surface area contributed by atoms with E-state index in [2.05, 4.69) is 19.2 Å². The van der Waals surface area contributed by atoms with Gasteiger partial charge in [-0.1, -0.05) is 38.8 Å². The van der Waals surface area contributed by atoms with Crippen LogP contribution >= 0.6 is 0 Å². The number of carbonyl (C=O) groups excluding carboxylic acids is 2. The zero-order valence-corrected chi connectivity index (χ0v) is 21.2. The molecular weight excluding hydrogens is 439 g/mol. The molecule has 1 aromatic carbocycles. The van der Waals surface area contributed by atoms with E-state index in [0.29, 0.717) is 36.4 Å². The van der Waals surface area contributed by atoms with Crippen LogP contribution < -0.4 is 5.32 Å². The molecule has 1 N–H and O–H groups in total. The summed E-state index contributed by atoms with van der Waals surface area (Å²) in [7, 11) is 0. The topological polar surface area (TPSA) is 58.5 Å². The van der Waals surface area contributed by atoms with E-state index in [0.717, 1.165) is 75.6 Å². The lowest BCUT2D eigenvalue weighted by atomic mass is 9.49. The highest BCUT2D eigenvalue weighted by Crippen LogP contribution is 2.64. The number of fused-ring (bicyclic) bond motifs is 5. The maximum absolute atomic E-state index is 13.9. The van der Waals surface area contributed by atoms with E-state index in [1.54, 1.807) is 0 Å². The highest BCUT2D eigenvalue weighted by molar-refractivity contribution is 6.07. The molecule has 1 unspecified atom stereocenters. The van der Waals surface area contributed by atoms with Crippen LogP contribution in [0.3, 0.4) is 0 Å². The molecule has 35 heavy (non-hydrogen) atoms. The number of benzene rings is 1. The van der Waals surface area contributed by atoms with Crippen molar-refractivity contribution in [2.24, 2.45) is 39.5 Å². The van der Waals surface area contributed by atoms with Crippen LogP contribution in [0.15, 0.2) is 29.3 Å². The first-order valence-corrected chi connectivity index (χ1v) is 13.9. The van der Waals surface area contributed by atoms with Crippen LogP contribution in [-0.4, -0.2) is 23.9 Å². The standard InChI is InChI=1S/C30H39FN2O2/c1-28-16-12-24-22(18-32-26-17-21(34)11-15-29(24,26)2)23(28)9-10-25(28)27(35)33-30(13-3-4-14-30)19-5-7-20(31)8-6-19/h5-8,22-25H,3-4,9-18H2,1-2H3,(H,33,35)/t22-,23-,24+,25?,28-,29+/m0/s1. The van der Waals surface area contributed by atoms with Gasteiger partial charge in [-0.25, -0.2) is 4.39 Å². The largest absolute Gasteiger partial charge is 0.346 e. The first-order chi connectivity index (χ1) is 16.8. The summed E-state index contributed by atoms with van der Waals surface area (Å²) in [6, 6.07) is 6.76. The number of halogens is 1. The van der Waals surface area contributed by atoms with Crippen molar-refractivity contribution >= 4 is 17.4 Å². The van der Waals surface area contributed by atoms with Gasteiger partial charge in [0, 0.05) is 36.4 Å². The molecule has 188 valence electrons. The van der Waals surface area contributed by atoms with Gasteiger partial charge in [0.1, 0.15) is 11.6 Å². The Bertz CT molecular complexity index is 1060. The normalized spacial score (nSPS) is 39.9. The Morgan fingerprint density at radius 2 is 1.74 bits per heavy atom. The second-order valence-electron chi connectivity index (χ2n) is 12.8. The second-order valence-corrected chi connectivity index (χ2v) is 12.8. The van der Waals surface area contributed by atoms with Crippen molar-refractivity contribution in [3.63, 3.8) is 0 Å². The molecule has 0 aromatic heterocycles. The summed E-state index contributed by atoms with van der Waals surface area (Å²) in [5.74, 6) is 1.97. The lowest BCUT2D eigenvalue weighted by molar-refractivity contribution is -0.134. The zero-order valence-electron chi connectivity index (χ0n) is 21.2. The number of Topliss-reactive ketones (excluding diaryl/α,β-unsaturated/α-hetero) is 1. The van der Waals surface area contributed by atoms with Crippen LogP contribution in [-0.2, 0) is 15.1 Å². The number of rotatable bonds is 3. The molecule has 5 heteroatoms. The van der Waals surface area contributed by atoms with Crippen LogP contribution in [0.5, 0.6) is 0 Å². The minimum absolute atomic E-state index is 0.00170. The van der Waals surface area contributed by atoms with Crippen LogP contribution in [0, 0.1) is 40.3 Å². The Labute approximate surface area is 208 Å². The van der Waals surface area contributed by atoms with Crippen molar-refractivity contribution in [3.8, 4) is 0 Å². The summed E-state index contributed by atoms with van der Waals surface area (Å²) < 4.78 is 13.6. The Morgan fingerprint density at radius 1 is 1.00 bits per heavy atom. The number of hydrogen-bond donors (Lipinski definition) is 1. The number of nitrogens with zero attached hydrogens (tertiary/aromatic N) is 1. The van der Waals surface area contributed by atoms with E-state index in [1.165, 1.54) is 12.1 Å². The van der Waals surface area contributed by atoms with Crippen molar-refractivity contribution in [2.45, 2.75) is 90.0 Å². The minimum Gasteiger partial charge on any atom is -0.346 e. The predicted octanol–water partition coefficient (Wildman–Crippen LogP) is 5.98. The summed E-state index contributed by atoms with van der Waals surface area (Å²) >= 11 is 0. The number of aliphatic imine (C=N–C) groups is 1. The van der Waals surface area contributed by atoms with Gasteiger partial charge in [-0.3, -0.25) is 14.6 Å². The summed E-state index contributed by atoms with van der Waals surface area (Å²) in [6.45, 7) is 5.57. The van der Waals surface area contributed by atoms with Gasteiger partial charge in [-0.15, -0.1) is 0 Å². The highest BCUT2D eigenvalue weighted by atomic mass is 19.1. The molecule has 4 nitrogen and oxygen atoms in total. The molecule has 1 aromatic rings. The van der Waals surface area contributed by atoms with Crippen LogP contribution in [0.25, 0.3) is 0 Å². The average Bonchev–Trinajstić information content (AvgIpc) is 3.44. The zero-order chi connectivity index (χ0) is 24.4. The molecule has 4 saturated carbocycles. The van der Waals surface area contributed by atoms with Crippen molar-refractivity contribution < 1.29 is 14.0 Å². The fourth-order valence-corrected chi connectivity index (χ4v) is 9.19. The number of amides is 1. The maximum Gasteiger partial charge on any atom is 0.224 e. The Hall–Kier alpha value is -2.04. The van der Waals surface area contributed by atoms with Gasteiger partial charge in [-0.2, -0.15) is 0 Å². The quantitative estimate of drug-likeness (QED) is 0.581. The SMILES string of the molecule is C[C@]12CCC(=O)CC1=NC[C@@H]1[C@H]2CC[C@]2(C)C(C(=O)NC3(c4ccc(F)cc4)CCCC3)CC[C@@H]12. The molecule has 5 aliphatic rings. The smallest absolute Gasteiger partial charge is 0.224 e. The molecule has 0 bridgehead atoms. The summed E-state index contributed by atoms with van der Waals surface area (Å²) in [6.07, 6.45) is 10.5. The van der Waals surface area contributed by atoms with Crippen molar-refractivity contribution in [2.75, 3.05) is 6.54 Å². The molecule has 6 atom stereocenters. The van der Waals surface area contributed by atoms with Crippen molar-refractivity contribution in [3.05, 3.63) is 35.6 Å². The number of ketones is 1. The lowest BCUT2D eigenvalue weighted by Gasteiger charge is -2.56. The van der Waals surface area contributed by atoms with Crippen LogP contribution in [0.1, 0.15) is 90.0 Å². The molecule has 0 saturated heterocycles. The van der Waals surface area contributed by atoms with Gasteiger partial charge >= 0.3 is 0 Å². The third-order valence-electron chi connectivity index (χ3n) is 11.2. The van der Waals surface area contributed by atoms with E-state index in [1.807, 2.05) is 12.1 Å². The van der Waals surface area contributed by atoms with Gasteiger partial charge in [0.2, 0.25) is 5.91 Å². The monoisotopic (exact) mass is 478 g/mol. The fraction of sp³-hybridized carbons (Fsp3) is 0.700. The van der Waals surface area contributed by atoms with E-state index < -0.39 is 0 Å². The van der Waals surface area contributed by atoms with E-state index in [-0.39, 0.29) is 34.0 Å². The van der Waals surface area contributed by atoms with Gasteiger partial charge in [0.25, 0.3) is 0 Å². The van der Waals surface area contributed by atoms with Gasteiger partial charge < -0.3 is 5.32 Å². The molecule has 1 aliphatic heterocycles. The van der Waals surface area contributed by atoms with E-state index >= 15 is 0 Å². The Balaban J connectivity index is 1.24. The first kappa shape index (κ1) is 23.4. The molecule has 1 heterocycles. The van der Waals surface area contributed by atoms with Crippen LogP contribution in [0.4, 0.5) is 4.39 Å². The second kappa shape index (κ2) is 8.24. The number of nitrogens with one attached hydrogen (secondary N) is 1. The average molecular weight is 479 g/mol. The number of hydrogen-bond acceptors (Lipinski definition) is 3. The summed E-state index contributed by atoms with van der Waals surface area (Å²) in [5, 5.41) is 3.53. The predicted molar refractivity (Wildman–Crippen MR) is 134 cm³/mol. The number of carbonyl (C=O) groups is 2. The summed E-state index contributed by atoms with van der Waals surface area (Å²) in [4.78, 5) is 31.1. The first-order valence-electron chi connectivity index (χ1n) is 13.9. The Morgan fingerprint density at radius 3 is 2.49 bits per heavy atom. The Kier molecular flexibility index (Phi) is 5.50. The molecule has 6 rings (SSSR count). The molecular formula is C30H39FN2O2.